The highest BCUT2D eigenvalue weighted by Crippen LogP contribution is 2.48. The zero-order valence-electron chi connectivity index (χ0n) is 11.5. The van der Waals surface area contributed by atoms with Crippen molar-refractivity contribution in [1.29, 1.82) is 0 Å². The lowest BCUT2D eigenvalue weighted by molar-refractivity contribution is -0.137. The quantitative estimate of drug-likeness (QED) is 0.759. The monoisotopic (exact) mass is 289 g/mol. The summed E-state index contributed by atoms with van der Waals surface area (Å²) in [5.74, 6) is -0.841. The van der Waals surface area contributed by atoms with Crippen molar-refractivity contribution >= 4 is 0 Å². The average molecular weight is 289 g/mol. The second kappa shape index (κ2) is 5.72. The minimum atomic E-state index is -4.50. The van der Waals surface area contributed by atoms with Crippen LogP contribution in [0.25, 0.3) is 0 Å². The van der Waals surface area contributed by atoms with Crippen molar-refractivity contribution in [3.63, 3.8) is 0 Å². The first-order valence-electron chi connectivity index (χ1n) is 6.92. The molecule has 1 aromatic carbocycles. The highest BCUT2D eigenvalue weighted by molar-refractivity contribution is 5.26. The first-order chi connectivity index (χ1) is 9.35. The van der Waals surface area contributed by atoms with Crippen LogP contribution in [-0.4, -0.2) is 6.54 Å². The highest BCUT2D eigenvalue weighted by atomic mass is 19.4. The van der Waals surface area contributed by atoms with Gasteiger partial charge >= 0.3 is 6.18 Å². The summed E-state index contributed by atoms with van der Waals surface area (Å²) < 4.78 is 51.0. The number of halogens is 4. The number of rotatable bonds is 6. The van der Waals surface area contributed by atoms with Gasteiger partial charge in [0.15, 0.2) is 0 Å². The molecule has 2 rings (SSSR count). The summed E-state index contributed by atoms with van der Waals surface area (Å²) in [7, 11) is 0. The smallest absolute Gasteiger partial charge is 0.312 e. The summed E-state index contributed by atoms with van der Waals surface area (Å²) in [6.07, 6.45) is 0.0865. The van der Waals surface area contributed by atoms with Crippen LogP contribution in [0.1, 0.15) is 43.7 Å². The lowest BCUT2D eigenvalue weighted by Crippen LogP contribution is -2.23. The molecular formula is C15H19F4N. The zero-order chi connectivity index (χ0) is 14.8. The summed E-state index contributed by atoms with van der Waals surface area (Å²) in [6, 6.07) is 2.69. The van der Waals surface area contributed by atoms with Crippen LogP contribution in [0.4, 0.5) is 17.6 Å². The molecular weight excluding hydrogens is 270 g/mol. The van der Waals surface area contributed by atoms with Crippen LogP contribution in [0.5, 0.6) is 0 Å². The fraction of sp³-hybridized carbons (Fsp3) is 0.600. The van der Waals surface area contributed by atoms with Gasteiger partial charge in [0.1, 0.15) is 5.82 Å². The van der Waals surface area contributed by atoms with E-state index in [1.807, 2.05) is 0 Å². The third-order valence-corrected chi connectivity index (χ3v) is 3.85. The molecule has 0 atom stereocenters. The van der Waals surface area contributed by atoms with Gasteiger partial charge in [0.25, 0.3) is 0 Å². The molecule has 1 aliphatic rings. The minimum absolute atomic E-state index is 0.270. The molecule has 0 aromatic heterocycles. The molecule has 20 heavy (non-hydrogen) atoms. The Morgan fingerprint density at radius 3 is 2.45 bits per heavy atom. The summed E-state index contributed by atoms with van der Waals surface area (Å²) in [5, 5.41) is 3.16. The van der Waals surface area contributed by atoms with E-state index in [4.69, 9.17) is 0 Å². The molecule has 0 aliphatic heterocycles. The Hall–Kier alpha value is -1.10. The van der Waals surface area contributed by atoms with Gasteiger partial charge < -0.3 is 5.32 Å². The topological polar surface area (TPSA) is 12.0 Å². The maximum absolute atomic E-state index is 13.2. The van der Waals surface area contributed by atoms with Gasteiger partial charge in [0.05, 0.1) is 5.56 Å². The van der Waals surface area contributed by atoms with Gasteiger partial charge in [-0.15, -0.1) is 0 Å². The van der Waals surface area contributed by atoms with Crippen LogP contribution in [0.3, 0.4) is 0 Å². The van der Waals surface area contributed by atoms with Crippen LogP contribution in [-0.2, 0) is 12.7 Å². The Kier molecular flexibility index (Phi) is 4.37. The first kappa shape index (κ1) is 15.3. The molecule has 0 bridgehead atoms. The van der Waals surface area contributed by atoms with E-state index in [1.54, 1.807) is 0 Å². The van der Waals surface area contributed by atoms with Crippen molar-refractivity contribution in [2.24, 2.45) is 5.41 Å². The van der Waals surface area contributed by atoms with E-state index in [0.29, 0.717) is 17.0 Å². The van der Waals surface area contributed by atoms with Crippen LogP contribution in [0, 0.1) is 11.2 Å². The molecule has 0 heterocycles. The van der Waals surface area contributed by atoms with E-state index in [0.717, 1.165) is 31.5 Å². The van der Waals surface area contributed by atoms with Crippen LogP contribution in [0.15, 0.2) is 18.2 Å². The molecule has 5 heteroatoms. The highest BCUT2D eigenvalue weighted by Gasteiger charge is 2.40. The summed E-state index contributed by atoms with van der Waals surface area (Å²) in [4.78, 5) is 0. The number of hydrogen-bond acceptors (Lipinski definition) is 1. The average Bonchev–Trinajstić information content (AvgIpc) is 3.08. The second-order valence-corrected chi connectivity index (χ2v) is 5.70. The molecule has 0 unspecified atom stereocenters. The Morgan fingerprint density at radius 1 is 1.20 bits per heavy atom. The number of hydrogen-bond donors (Lipinski definition) is 1. The van der Waals surface area contributed by atoms with Gasteiger partial charge in [-0.1, -0.05) is 13.3 Å². The van der Waals surface area contributed by atoms with E-state index in [2.05, 4.69) is 12.2 Å². The summed E-state index contributed by atoms with van der Waals surface area (Å²) in [6.45, 7) is 3.19. The van der Waals surface area contributed by atoms with E-state index in [-0.39, 0.29) is 6.54 Å². The lowest BCUT2D eigenvalue weighted by atomic mass is 10.0. The Bertz CT molecular complexity index is 463. The molecule has 0 saturated heterocycles. The molecule has 1 saturated carbocycles. The summed E-state index contributed by atoms with van der Waals surface area (Å²) in [5.41, 5.74) is -0.261. The predicted molar refractivity (Wildman–Crippen MR) is 69.7 cm³/mol. The molecule has 112 valence electrons. The molecule has 1 fully saturated rings. The number of nitrogens with one attached hydrogen (secondary N) is 1. The second-order valence-electron chi connectivity index (χ2n) is 5.70. The van der Waals surface area contributed by atoms with Crippen LogP contribution in [0.2, 0.25) is 0 Å². The van der Waals surface area contributed by atoms with Gasteiger partial charge in [-0.3, -0.25) is 0 Å². The van der Waals surface area contributed by atoms with Crippen molar-refractivity contribution in [2.75, 3.05) is 6.54 Å². The van der Waals surface area contributed by atoms with Crippen molar-refractivity contribution in [2.45, 2.75) is 45.3 Å². The molecule has 0 amide bonds. The number of benzene rings is 1. The third-order valence-electron chi connectivity index (χ3n) is 3.85. The molecule has 1 N–H and O–H groups in total. The zero-order valence-corrected chi connectivity index (χ0v) is 11.5. The van der Waals surface area contributed by atoms with Crippen LogP contribution < -0.4 is 5.32 Å². The normalized spacial score (nSPS) is 17.2. The first-order valence-corrected chi connectivity index (χ1v) is 6.92. The van der Waals surface area contributed by atoms with Crippen LogP contribution >= 0.6 is 0 Å². The van der Waals surface area contributed by atoms with E-state index >= 15 is 0 Å². The summed E-state index contributed by atoms with van der Waals surface area (Å²) >= 11 is 0. The number of alkyl halides is 3. The van der Waals surface area contributed by atoms with E-state index in [1.165, 1.54) is 12.8 Å². The molecule has 1 aliphatic carbocycles. The molecule has 0 radical (unpaired) electrons. The van der Waals surface area contributed by atoms with Crippen molar-refractivity contribution in [3.05, 3.63) is 35.1 Å². The van der Waals surface area contributed by atoms with Gasteiger partial charge in [-0.25, -0.2) is 4.39 Å². The lowest BCUT2D eigenvalue weighted by Gasteiger charge is -2.15. The maximum atomic E-state index is 13.2. The predicted octanol–water partition coefficient (Wildman–Crippen LogP) is 4.51. The van der Waals surface area contributed by atoms with Gasteiger partial charge in [-0.05, 0) is 48.4 Å². The van der Waals surface area contributed by atoms with Gasteiger partial charge in [-0.2, -0.15) is 13.2 Å². The Balaban J connectivity index is 1.94. The minimum Gasteiger partial charge on any atom is -0.312 e. The largest absolute Gasteiger partial charge is 0.416 e. The maximum Gasteiger partial charge on any atom is 0.416 e. The SMILES string of the molecule is CCCC1(CNCc2cc(F)cc(C(F)(F)F)c2)CC1. The fourth-order valence-corrected chi connectivity index (χ4v) is 2.61. The Labute approximate surface area is 116 Å². The van der Waals surface area contributed by atoms with Crippen molar-refractivity contribution < 1.29 is 17.6 Å². The van der Waals surface area contributed by atoms with Crippen molar-refractivity contribution in [1.82, 2.24) is 5.32 Å². The molecule has 1 nitrogen and oxygen atoms in total. The van der Waals surface area contributed by atoms with E-state index < -0.39 is 17.6 Å². The fourth-order valence-electron chi connectivity index (χ4n) is 2.61. The molecule has 0 spiro atoms. The third kappa shape index (κ3) is 3.95. The Morgan fingerprint density at radius 2 is 1.90 bits per heavy atom. The van der Waals surface area contributed by atoms with Crippen molar-refractivity contribution in [3.8, 4) is 0 Å². The van der Waals surface area contributed by atoms with Gasteiger partial charge in [0, 0.05) is 13.1 Å². The standard InChI is InChI=1S/C15H19F4N/c1-2-3-14(4-5-14)10-20-9-11-6-12(15(17,18)19)8-13(16)7-11/h6-8,20H,2-5,9-10H2,1H3. The van der Waals surface area contributed by atoms with E-state index in [9.17, 15) is 17.6 Å². The molecule has 1 aromatic rings. The van der Waals surface area contributed by atoms with Gasteiger partial charge in [0.2, 0.25) is 0 Å².